The number of pyridine rings is 1. The lowest BCUT2D eigenvalue weighted by Gasteiger charge is -2.10. The van der Waals surface area contributed by atoms with E-state index < -0.39 is 0 Å². The molecule has 18 heavy (non-hydrogen) atoms. The van der Waals surface area contributed by atoms with Gasteiger partial charge in [-0.25, -0.2) is 4.98 Å². The molecule has 0 aliphatic rings. The second-order valence-corrected chi connectivity index (χ2v) is 5.94. The summed E-state index contributed by atoms with van der Waals surface area (Å²) in [6, 6.07) is 7.32. The second-order valence-electron chi connectivity index (χ2n) is 3.44. The highest BCUT2D eigenvalue weighted by molar-refractivity contribution is 9.11. The van der Waals surface area contributed by atoms with Crippen LogP contribution in [0.15, 0.2) is 39.4 Å². The molecular weight excluding hydrogens is 405 g/mol. The van der Waals surface area contributed by atoms with Crippen molar-refractivity contribution < 1.29 is 4.74 Å². The molecule has 0 fully saturated rings. The van der Waals surface area contributed by atoms with E-state index in [2.05, 4.69) is 36.8 Å². The van der Waals surface area contributed by atoms with Gasteiger partial charge in [-0.2, -0.15) is 0 Å². The first-order valence-electron chi connectivity index (χ1n) is 4.94. The Morgan fingerprint density at radius 3 is 2.44 bits per heavy atom. The van der Waals surface area contributed by atoms with Crippen molar-refractivity contribution in [2.24, 2.45) is 0 Å². The number of ether oxygens (including phenoxy) is 1. The predicted molar refractivity (Wildman–Crippen MR) is 80.4 cm³/mol. The van der Waals surface area contributed by atoms with Gasteiger partial charge in [-0.1, -0.05) is 29.3 Å². The number of para-hydroxylation sites is 1. The number of hydrogen-bond donors (Lipinski definition) is 0. The summed E-state index contributed by atoms with van der Waals surface area (Å²) >= 11 is 18.6. The Bertz CT molecular complexity index is 558. The Kier molecular flexibility index (Phi) is 4.90. The fourth-order valence-electron chi connectivity index (χ4n) is 1.31. The van der Waals surface area contributed by atoms with Crippen LogP contribution in [0.3, 0.4) is 0 Å². The molecule has 94 valence electrons. The molecule has 2 nitrogen and oxygen atoms in total. The van der Waals surface area contributed by atoms with Crippen LogP contribution in [0.1, 0.15) is 5.56 Å². The molecule has 1 aromatic heterocycles. The molecule has 0 saturated heterocycles. The minimum atomic E-state index is 0.324. The molecular formula is C12H7Br2Cl2NO. The molecule has 2 aromatic rings. The van der Waals surface area contributed by atoms with E-state index in [0.29, 0.717) is 16.8 Å². The molecule has 6 heteroatoms. The van der Waals surface area contributed by atoms with Crippen molar-refractivity contribution in [2.45, 2.75) is 6.61 Å². The van der Waals surface area contributed by atoms with Crippen molar-refractivity contribution in [3.05, 3.63) is 55.1 Å². The smallest absolute Gasteiger partial charge is 0.148 e. The van der Waals surface area contributed by atoms with Gasteiger partial charge in [-0.05, 0) is 50.1 Å². The normalized spacial score (nSPS) is 10.4. The molecule has 0 atom stereocenters. The molecule has 0 spiro atoms. The third-order valence-corrected chi connectivity index (χ3v) is 3.99. The average molecular weight is 412 g/mol. The number of rotatable bonds is 3. The van der Waals surface area contributed by atoms with Crippen LogP contribution in [0.5, 0.6) is 5.75 Å². The summed E-state index contributed by atoms with van der Waals surface area (Å²) in [4.78, 5) is 3.97. The average Bonchev–Trinajstić information content (AvgIpc) is 2.31. The first-order chi connectivity index (χ1) is 8.58. The van der Waals surface area contributed by atoms with Crippen molar-refractivity contribution in [3.8, 4) is 5.75 Å². The Morgan fingerprint density at radius 1 is 1.17 bits per heavy atom. The maximum atomic E-state index is 6.05. The summed E-state index contributed by atoms with van der Waals surface area (Å²) in [5, 5.41) is 0.906. The van der Waals surface area contributed by atoms with E-state index in [-0.39, 0.29) is 0 Å². The number of nitrogens with zero attached hydrogens (tertiary/aromatic N) is 1. The zero-order valence-corrected chi connectivity index (χ0v) is 13.6. The summed E-state index contributed by atoms with van der Waals surface area (Å²) < 4.78 is 7.45. The lowest BCUT2D eigenvalue weighted by molar-refractivity contribution is 0.302. The Balaban J connectivity index is 2.16. The van der Waals surface area contributed by atoms with Gasteiger partial charge in [0.25, 0.3) is 0 Å². The molecule has 0 saturated carbocycles. The molecule has 0 amide bonds. The molecule has 0 aliphatic heterocycles. The van der Waals surface area contributed by atoms with Crippen LogP contribution in [0.4, 0.5) is 0 Å². The quantitative estimate of drug-likeness (QED) is 0.623. The minimum Gasteiger partial charge on any atom is -0.486 e. The largest absolute Gasteiger partial charge is 0.486 e. The van der Waals surface area contributed by atoms with Crippen molar-refractivity contribution in [2.75, 3.05) is 0 Å². The monoisotopic (exact) mass is 409 g/mol. The van der Waals surface area contributed by atoms with E-state index in [9.17, 15) is 0 Å². The first-order valence-corrected chi connectivity index (χ1v) is 7.29. The second kappa shape index (κ2) is 6.24. The summed E-state index contributed by atoms with van der Waals surface area (Å²) in [7, 11) is 0. The SMILES string of the molecule is Clc1cc(Cl)c(COc2c(Br)cccc2Br)cn1. The van der Waals surface area contributed by atoms with Crippen LogP contribution in [-0.4, -0.2) is 4.98 Å². The molecule has 0 bridgehead atoms. The maximum absolute atomic E-state index is 6.05. The van der Waals surface area contributed by atoms with Crippen LogP contribution in [-0.2, 0) is 6.61 Å². The van der Waals surface area contributed by atoms with E-state index in [0.717, 1.165) is 20.3 Å². The highest BCUT2D eigenvalue weighted by atomic mass is 79.9. The van der Waals surface area contributed by atoms with Crippen molar-refractivity contribution >= 4 is 55.1 Å². The van der Waals surface area contributed by atoms with Crippen molar-refractivity contribution in [3.63, 3.8) is 0 Å². The molecule has 0 N–H and O–H groups in total. The van der Waals surface area contributed by atoms with Gasteiger partial charge in [0, 0.05) is 11.8 Å². The van der Waals surface area contributed by atoms with Crippen LogP contribution in [0, 0.1) is 0 Å². The van der Waals surface area contributed by atoms with Gasteiger partial charge < -0.3 is 4.74 Å². The third kappa shape index (κ3) is 3.38. The molecule has 0 aliphatic carbocycles. The molecule has 0 unspecified atom stereocenters. The van der Waals surface area contributed by atoms with Gasteiger partial charge in [0.15, 0.2) is 0 Å². The van der Waals surface area contributed by atoms with Crippen LogP contribution in [0.2, 0.25) is 10.2 Å². The van der Waals surface area contributed by atoms with Crippen LogP contribution >= 0.6 is 55.1 Å². The first kappa shape index (κ1) is 14.1. The summed E-state index contributed by atoms with van der Waals surface area (Å²) in [5.41, 5.74) is 0.781. The highest BCUT2D eigenvalue weighted by Gasteiger charge is 2.08. The van der Waals surface area contributed by atoms with E-state index in [4.69, 9.17) is 27.9 Å². The highest BCUT2D eigenvalue weighted by Crippen LogP contribution is 2.34. The Labute approximate surface area is 132 Å². The fraction of sp³-hybridized carbons (Fsp3) is 0.0833. The minimum absolute atomic E-state index is 0.324. The molecule has 1 heterocycles. The number of hydrogen-bond acceptors (Lipinski definition) is 2. The predicted octanol–water partition coefficient (Wildman–Crippen LogP) is 5.49. The van der Waals surface area contributed by atoms with E-state index in [1.54, 1.807) is 12.3 Å². The lowest BCUT2D eigenvalue weighted by atomic mass is 10.3. The van der Waals surface area contributed by atoms with Crippen LogP contribution < -0.4 is 4.74 Å². The van der Waals surface area contributed by atoms with E-state index >= 15 is 0 Å². The fourth-order valence-corrected chi connectivity index (χ4v) is 2.96. The summed E-state index contributed by atoms with van der Waals surface area (Å²) in [6.45, 7) is 0.324. The van der Waals surface area contributed by atoms with Gasteiger partial charge in [0.05, 0.1) is 14.0 Å². The summed E-state index contributed by atoms with van der Waals surface area (Å²) in [5.74, 6) is 0.725. The Morgan fingerprint density at radius 2 is 1.83 bits per heavy atom. The lowest BCUT2D eigenvalue weighted by Crippen LogP contribution is -1.98. The Hall–Kier alpha value is -0.290. The third-order valence-electron chi connectivity index (χ3n) is 2.19. The number of benzene rings is 1. The zero-order valence-electron chi connectivity index (χ0n) is 8.96. The summed E-state index contributed by atoms with van der Waals surface area (Å²) in [6.07, 6.45) is 1.61. The number of halogens is 4. The van der Waals surface area contributed by atoms with E-state index in [1.165, 1.54) is 0 Å². The van der Waals surface area contributed by atoms with Crippen molar-refractivity contribution in [1.29, 1.82) is 0 Å². The van der Waals surface area contributed by atoms with Gasteiger partial charge >= 0.3 is 0 Å². The van der Waals surface area contributed by atoms with Crippen molar-refractivity contribution in [1.82, 2.24) is 4.98 Å². The molecule has 1 aromatic carbocycles. The topological polar surface area (TPSA) is 22.1 Å². The van der Waals surface area contributed by atoms with Gasteiger partial charge in [0.2, 0.25) is 0 Å². The molecule has 2 rings (SSSR count). The van der Waals surface area contributed by atoms with Gasteiger partial charge in [0.1, 0.15) is 17.5 Å². The van der Waals surface area contributed by atoms with Gasteiger partial charge in [-0.15, -0.1) is 0 Å². The van der Waals surface area contributed by atoms with E-state index in [1.807, 2.05) is 18.2 Å². The zero-order chi connectivity index (χ0) is 13.1. The maximum Gasteiger partial charge on any atom is 0.148 e. The number of aromatic nitrogens is 1. The van der Waals surface area contributed by atoms with Crippen LogP contribution in [0.25, 0.3) is 0 Å². The molecule has 0 radical (unpaired) electrons. The van der Waals surface area contributed by atoms with Gasteiger partial charge in [-0.3, -0.25) is 0 Å². The standard InChI is InChI=1S/C12H7Br2Cl2NO/c13-8-2-1-3-9(14)12(8)18-6-7-5-17-11(16)4-10(7)15/h1-5H,6H2.